The molecule has 0 aliphatic carbocycles. The minimum absolute atomic E-state index is 1.04. The van der Waals surface area contributed by atoms with E-state index in [9.17, 15) is 0 Å². The Bertz CT molecular complexity index is 339. The molecule has 1 aromatic heterocycles. The molecule has 0 spiro atoms. The lowest BCUT2D eigenvalue weighted by Crippen LogP contribution is -1.81. The van der Waals surface area contributed by atoms with Crippen LogP contribution in [0, 0.1) is 0 Å². The summed E-state index contributed by atoms with van der Waals surface area (Å²) in [6, 6.07) is 4.03. The number of allylic oxidation sites excluding steroid dienone is 3. The smallest absolute Gasteiger partial charge is 0.0680 e. The van der Waals surface area contributed by atoms with Crippen LogP contribution >= 0.6 is 0 Å². The molecule has 2 heterocycles. The van der Waals surface area contributed by atoms with Gasteiger partial charge in [-0.25, -0.2) is 0 Å². The van der Waals surface area contributed by atoms with E-state index in [0.29, 0.717) is 0 Å². The van der Waals surface area contributed by atoms with Gasteiger partial charge in [0.25, 0.3) is 0 Å². The predicted octanol–water partition coefficient (Wildman–Crippen LogP) is 2.39. The number of hydrogen-bond acceptors (Lipinski definition) is 1. The van der Waals surface area contributed by atoms with Crippen molar-refractivity contribution in [3.05, 3.63) is 41.9 Å². The summed E-state index contributed by atoms with van der Waals surface area (Å²) in [5, 5.41) is 0. The Labute approximate surface area is 71.3 Å². The molecule has 1 N–H and O–H groups in total. The molecule has 0 atom stereocenters. The van der Waals surface area contributed by atoms with Crippen LogP contribution in [-0.2, 0) is 0 Å². The maximum atomic E-state index is 4.22. The van der Waals surface area contributed by atoms with E-state index in [2.05, 4.69) is 16.9 Å². The van der Waals surface area contributed by atoms with Gasteiger partial charge in [0.05, 0.1) is 5.70 Å². The van der Waals surface area contributed by atoms with Crippen molar-refractivity contribution in [3.8, 4) is 0 Å². The van der Waals surface area contributed by atoms with Crippen molar-refractivity contribution in [2.45, 2.75) is 6.92 Å². The monoisotopic (exact) mass is 158 g/mol. The highest BCUT2D eigenvalue weighted by Crippen LogP contribution is 2.19. The molecule has 0 saturated heterocycles. The molecule has 2 nitrogen and oxygen atoms in total. The van der Waals surface area contributed by atoms with E-state index in [4.69, 9.17) is 0 Å². The number of H-pyrrole nitrogens is 1. The van der Waals surface area contributed by atoms with Gasteiger partial charge < -0.3 is 4.98 Å². The van der Waals surface area contributed by atoms with Gasteiger partial charge in [-0.2, -0.15) is 0 Å². The average molecular weight is 158 g/mol. The van der Waals surface area contributed by atoms with Crippen molar-refractivity contribution in [2.24, 2.45) is 4.99 Å². The molecular weight excluding hydrogens is 148 g/mol. The molecule has 12 heavy (non-hydrogen) atoms. The van der Waals surface area contributed by atoms with Gasteiger partial charge in [-0.05, 0) is 36.8 Å². The molecule has 0 fully saturated rings. The number of nitrogens with one attached hydrogen (secondary N) is 1. The largest absolute Gasteiger partial charge is 0.361 e. The summed E-state index contributed by atoms with van der Waals surface area (Å²) >= 11 is 0. The molecule has 1 aliphatic rings. The van der Waals surface area contributed by atoms with Gasteiger partial charge in [-0.15, -0.1) is 0 Å². The molecule has 60 valence electrons. The van der Waals surface area contributed by atoms with Gasteiger partial charge >= 0.3 is 0 Å². The van der Waals surface area contributed by atoms with Gasteiger partial charge in [-0.3, -0.25) is 4.99 Å². The van der Waals surface area contributed by atoms with Crippen LogP contribution in [0.2, 0.25) is 0 Å². The molecule has 0 saturated carbocycles. The van der Waals surface area contributed by atoms with Crippen LogP contribution in [0.4, 0.5) is 0 Å². The fourth-order valence-electron chi connectivity index (χ4n) is 1.22. The SMILES string of the molecule is CC(=C1C=CC=N1)c1ccc[nH]1. The van der Waals surface area contributed by atoms with Crippen molar-refractivity contribution >= 4 is 11.8 Å². The van der Waals surface area contributed by atoms with Gasteiger partial charge in [0.15, 0.2) is 0 Å². The minimum atomic E-state index is 1.04. The number of nitrogens with zero attached hydrogens (tertiary/aromatic N) is 1. The van der Waals surface area contributed by atoms with Crippen LogP contribution in [0.1, 0.15) is 12.6 Å². The fraction of sp³-hybridized carbons (Fsp3) is 0.100. The van der Waals surface area contributed by atoms with Crippen molar-refractivity contribution in [1.29, 1.82) is 0 Å². The molecule has 2 rings (SSSR count). The third-order valence-electron chi connectivity index (χ3n) is 1.94. The summed E-state index contributed by atoms with van der Waals surface area (Å²) in [5.74, 6) is 0. The zero-order valence-electron chi connectivity index (χ0n) is 6.91. The van der Waals surface area contributed by atoms with Gasteiger partial charge in [0.1, 0.15) is 0 Å². The quantitative estimate of drug-likeness (QED) is 0.650. The summed E-state index contributed by atoms with van der Waals surface area (Å²) < 4.78 is 0. The first-order chi connectivity index (χ1) is 5.88. The van der Waals surface area contributed by atoms with E-state index in [1.165, 1.54) is 5.57 Å². The summed E-state index contributed by atoms with van der Waals surface area (Å²) in [4.78, 5) is 7.36. The van der Waals surface area contributed by atoms with Crippen LogP contribution in [0.15, 0.2) is 41.2 Å². The summed E-state index contributed by atoms with van der Waals surface area (Å²) in [7, 11) is 0. The van der Waals surface area contributed by atoms with Crippen LogP contribution < -0.4 is 0 Å². The van der Waals surface area contributed by atoms with Crippen LogP contribution in [0.3, 0.4) is 0 Å². The molecule has 2 heteroatoms. The van der Waals surface area contributed by atoms with E-state index in [-0.39, 0.29) is 0 Å². The van der Waals surface area contributed by atoms with Gasteiger partial charge in [0, 0.05) is 18.1 Å². The highest BCUT2D eigenvalue weighted by atomic mass is 14.8. The van der Waals surface area contributed by atoms with E-state index >= 15 is 0 Å². The van der Waals surface area contributed by atoms with E-state index in [0.717, 1.165) is 11.4 Å². The van der Waals surface area contributed by atoms with Crippen molar-refractivity contribution < 1.29 is 0 Å². The number of rotatable bonds is 1. The van der Waals surface area contributed by atoms with E-state index in [1.54, 1.807) is 0 Å². The average Bonchev–Trinajstić information content (AvgIpc) is 2.77. The molecule has 0 aromatic carbocycles. The molecule has 1 aliphatic heterocycles. The topological polar surface area (TPSA) is 28.1 Å². The normalized spacial score (nSPS) is 18.8. The second-order valence-corrected chi connectivity index (χ2v) is 2.73. The predicted molar refractivity (Wildman–Crippen MR) is 51.0 cm³/mol. The molecule has 0 radical (unpaired) electrons. The third-order valence-corrected chi connectivity index (χ3v) is 1.94. The summed E-state index contributed by atoms with van der Waals surface area (Å²) in [5.41, 5.74) is 3.36. The maximum Gasteiger partial charge on any atom is 0.0680 e. The second-order valence-electron chi connectivity index (χ2n) is 2.73. The lowest BCUT2D eigenvalue weighted by molar-refractivity contribution is 1.31. The molecule has 0 bridgehead atoms. The van der Waals surface area contributed by atoms with Crippen LogP contribution in [0.25, 0.3) is 5.57 Å². The zero-order valence-corrected chi connectivity index (χ0v) is 6.91. The molecule has 0 unspecified atom stereocenters. The lowest BCUT2D eigenvalue weighted by Gasteiger charge is -1.98. The first-order valence-electron chi connectivity index (χ1n) is 3.93. The van der Waals surface area contributed by atoms with Crippen LogP contribution in [0.5, 0.6) is 0 Å². The first-order valence-corrected chi connectivity index (χ1v) is 3.93. The highest BCUT2D eigenvalue weighted by molar-refractivity contribution is 5.81. The van der Waals surface area contributed by atoms with E-state index in [1.807, 2.05) is 36.7 Å². The van der Waals surface area contributed by atoms with Gasteiger partial charge in [-0.1, -0.05) is 0 Å². The Hall–Kier alpha value is -1.57. The van der Waals surface area contributed by atoms with Crippen molar-refractivity contribution in [3.63, 3.8) is 0 Å². The number of aromatic amines is 1. The number of aliphatic imine (C=N–C) groups is 1. The van der Waals surface area contributed by atoms with Crippen LogP contribution in [-0.4, -0.2) is 11.2 Å². The summed E-state index contributed by atoms with van der Waals surface area (Å²) in [6.07, 6.45) is 7.68. The zero-order chi connectivity index (χ0) is 8.39. The van der Waals surface area contributed by atoms with Crippen molar-refractivity contribution in [1.82, 2.24) is 4.98 Å². The Morgan fingerprint density at radius 3 is 3.00 bits per heavy atom. The lowest BCUT2D eigenvalue weighted by atomic mass is 10.2. The fourth-order valence-corrected chi connectivity index (χ4v) is 1.22. The molecule has 1 aromatic rings. The third kappa shape index (κ3) is 1.11. The van der Waals surface area contributed by atoms with Gasteiger partial charge in [0.2, 0.25) is 0 Å². The maximum absolute atomic E-state index is 4.22. The Kier molecular flexibility index (Phi) is 1.67. The Morgan fingerprint density at radius 2 is 2.42 bits per heavy atom. The number of aromatic nitrogens is 1. The highest BCUT2D eigenvalue weighted by Gasteiger charge is 2.02. The standard InChI is InChI=1S/C10H10N2/c1-8(9-4-2-6-11-9)10-5-3-7-12-10/h2-7,11H,1H3. The summed E-state index contributed by atoms with van der Waals surface area (Å²) in [6.45, 7) is 2.06. The Morgan fingerprint density at radius 1 is 1.50 bits per heavy atom. The minimum Gasteiger partial charge on any atom is -0.361 e. The second kappa shape index (κ2) is 2.81. The Balaban J connectivity index is 2.42. The van der Waals surface area contributed by atoms with Crippen molar-refractivity contribution in [2.75, 3.05) is 0 Å². The number of hydrogen-bond donors (Lipinski definition) is 1. The van der Waals surface area contributed by atoms with E-state index < -0.39 is 0 Å². The molecule has 0 amide bonds. The molecular formula is C10H10N2. The first kappa shape index (κ1) is 7.10.